The number of benzene rings is 1. The molecule has 0 aliphatic heterocycles. The van der Waals surface area contributed by atoms with Gasteiger partial charge in [0.15, 0.2) is 0 Å². The Kier molecular flexibility index (Phi) is 5.02. The quantitative estimate of drug-likeness (QED) is 0.748. The number of hydrogen-bond donors (Lipinski definition) is 1. The number of rotatable bonds is 7. The summed E-state index contributed by atoms with van der Waals surface area (Å²) in [5.41, 5.74) is 4.02. The van der Waals surface area contributed by atoms with Crippen LogP contribution in [0.25, 0.3) is 10.9 Å². The highest BCUT2D eigenvalue weighted by Crippen LogP contribution is 2.22. The average molecular weight is 270 g/mol. The smallest absolute Gasteiger partial charge is 0.0486 e. The van der Waals surface area contributed by atoms with Gasteiger partial charge in [-0.3, -0.25) is 0 Å². The van der Waals surface area contributed by atoms with Crippen molar-refractivity contribution in [2.24, 2.45) is 0 Å². The van der Waals surface area contributed by atoms with Gasteiger partial charge < -0.3 is 9.88 Å². The summed E-state index contributed by atoms with van der Waals surface area (Å²) in [7, 11) is 0. The van der Waals surface area contributed by atoms with E-state index in [2.05, 4.69) is 67.7 Å². The van der Waals surface area contributed by atoms with Crippen molar-refractivity contribution in [2.75, 3.05) is 6.54 Å². The molecule has 20 heavy (non-hydrogen) atoms. The fraction of sp³-hybridized carbons (Fsp3) is 0.444. The molecule has 0 aliphatic rings. The van der Waals surface area contributed by atoms with E-state index in [1.165, 1.54) is 22.0 Å². The summed E-state index contributed by atoms with van der Waals surface area (Å²) in [5.74, 6) is 0. The minimum atomic E-state index is 0.545. The van der Waals surface area contributed by atoms with Crippen LogP contribution in [0.4, 0.5) is 0 Å². The van der Waals surface area contributed by atoms with E-state index in [1.807, 2.05) is 0 Å². The fourth-order valence-electron chi connectivity index (χ4n) is 2.50. The third-order valence-corrected chi connectivity index (χ3v) is 3.71. The van der Waals surface area contributed by atoms with Crippen molar-refractivity contribution >= 4 is 10.9 Å². The molecule has 0 bridgehead atoms. The first-order chi connectivity index (χ1) is 9.61. The van der Waals surface area contributed by atoms with Gasteiger partial charge in [-0.2, -0.15) is 0 Å². The lowest BCUT2D eigenvalue weighted by Crippen LogP contribution is -2.24. The fourth-order valence-corrected chi connectivity index (χ4v) is 2.50. The summed E-state index contributed by atoms with van der Waals surface area (Å²) in [4.78, 5) is 0. The van der Waals surface area contributed by atoms with Gasteiger partial charge >= 0.3 is 0 Å². The van der Waals surface area contributed by atoms with E-state index < -0.39 is 0 Å². The first kappa shape index (κ1) is 14.9. The number of fused-ring (bicyclic) bond motifs is 1. The zero-order valence-electron chi connectivity index (χ0n) is 12.9. The largest absolute Gasteiger partial charge is 0.343 e. The molecule has 108 valence electrons. The Bertz CT molecular complexity index is 578. The summed E-state index contributed by atoms with van der Waals surface area (Å²) >= 11 is 0. The lowest BCUT2D eigenvalue weighted by molar-refractivity contribution is 0.590. The van der Waals surface area contributed by atoms with Crippen molar-refractivity contribution in [1.29, 1.82) is 0 Å². The number of allylic oxidation sites excluding steroid dienone is 1. The van der Waals surface area contributed by atoms with E-state index in [9.17, 15) is 0 Å². The maximum absolute atomic E-state index is 4.14. The van der Waals surface area contributed by atoms with Crippen LogP contribution in [0, 0.1) is 0 Å². The number of aromatic nitrogens is 1. The van der Waals surface area contributed by atoms with Crippen molar-refractivity contribution < 1.29 is 0 Å². The number of para-hydroxylation sites is 1. The normalized spacial score (nSPS) is 11.4. The first-order valence-electron chi connectivity index (χ1n) is 7.58. The van der Waals surface area contributed by atoms with Crippen molar-refractivity contribution in [3.05, 3.63) is 48.2 Å². The Labute approximate surface area is 122 Å². The van der Waals surface area contributed by atoms with E-state index in [0.717, 1.165) is 25.9 Å². The van der Waals surface area contributed by atoms with Crippen molar-refractivity contribution in [2.45, 2.75) is 46.2 Å². The molecule has 0 radical (unpaired) electrons. The van der Waals surface area contributed by atoms with Gasteiger partial charge in [0.1, 0.15) is 0 Å². The van der Waals surface area contributed by atoms with Gasteiger partial charge in [-0.25, -0.2) is 0 Å². The van der Waals surface area contributed by atoms with Crippen LogP contribution in [0.5, 0.6) is 0 Å². The zero-order valence-corrected chi connectivity index (χ0v) is 12.9. The monoisotopic (exact) mass is 270 g/mol. The lowest BCUT2D eigenvalue weighted by atomic mass is 10.1. The third kappa shape index (κ3) is 3.51. The molecule has 2 heteroatoms. The molecular formula is C18H26N2. The van der Waals surface area contributed by atoms with E-state index in [1.54, 1.807) is 0 Å². The molecule has 0 spiro atoms. The Morgan fingerprint density at radius 3 is 2.75 bits per heavy atom. The van der Waals surface area contributed by atoms with Crippen LogP contribution in [0.1, 0.15) is 32.8 Å². The van der Waals surface area contributed by atoms with Crippen LogP contribution in [0.2, 0.25) is 0 Å². The van der Waals surface area contributed by atoms with Crippen LogP contribution >= 0.6 is 0 Å². The highest BCUT2D eigenvalue weighted by molar-refractivity contribution is 5.84. The van der Waals surface area contributed by atoms with Gasteiger partial charge in [0.05, 0.1) is 0 Å². The van der Waals surface area contributed by atoms with E-state index >= 15 is 0 Å². The molecule has 0 unspecified atom stereocenters. The highest BCUT2D eigenvalue weighted by Gasteiger charge is 2.08. The Morgan fingerprint density at radius 2 is 2.05 bits per heavy atom. The molecule has 0 atom stereocenters. The Hall–Kier alpha value is -1.54. The first-order valence-corrected chi connectivity index (χ1v) is 7.58. The molecule has 2 nitrogen and oxygen atoms in total. The second kappa shape index (κ2) is 6.76. The standard InChI is InChI=1S/C18H26N2/c1-5-15(4)12-20-13-16(10-11-19-14(2)3)17-8-6-7-9-18(17)20/h6-9,13-14,19H,4-5,10-12H2,1-3H3. The van der Waals surface area contributed by atoms with E-state index in [4.69, 9.17) is 0 Å². The Balaban J connectivity index is 2.23. The van der Waals surface area contributed by atoms with Gasteiger partial charge in [-0.15, -0.1) is 0 Å². The molecular weight excluding hydrogens is 244 g/mol. The van der Waals surface area contributed by atoms with Gasteiger partial charge in [-0.05, 0) is 31.0 Å². The summed E-state index contributed by atoms with van der Waals surface area (Å²) in [5, 5.41) is 4.87. The number of nitrogens with zero attached hydrogens (tertiary/aromatic N) is 1. The molecule has 0 amide bonds. The minimum absolute atomic E-state index is 0.545. The van der Waals surface area contributed by atoms with Gasteiger partial charge in [0, 0.05) is 29.7 Å². The second-order valence-electron chi connectivity index (χ2n) is 5.76. The molecule has 2 rings (SSSR count). The van der Waals surface area contributed by atoms with Crippen LogP contribution < -0.4 is 5.32 Å². The van der Waals surface area contributed by atoms with Crippen molar-refractivity contribution in [3.63, 3.8) is 0 Å². The molecule has 1 aromatic carbocycles. The van der Waals surface area contributed by atoms with Gasteiger partial charge in [0.25, 0.3) is 0 Å². The third-order valence-electron chi connectivity index (χ3n) is 3.71. The maximum atomic E-state index is 4.14. The number of hydrogen-bond acceptors (Lipinski definition) is 1. The predicted molar refractivity (Wildman–Crippen MR) is 88.2 cm³/mol. The lowest BCUT2D eigenvalue weighted by Gasteiger charge is -2.07. The summed E-state index contributed by atoms with van der Waals surface area (Å²) in [6.45, 7) is 12.6. The summed E-state index contributed by atoms with van der Waals surface area (Å²) < 4.78 is 2.34. The molecule has 0 fully saturated rings. The topological polar surface area (TPSA) is 17.0 Å². The second-order valence-corrected chi connectivity index (χ2v) is 5.76. The van der Waals surface area contributed by atoms with Crippen molar-refractivity contribution in [1.82, 2.24) is 9.88 Å². The van der Waals surface area contributed by atoms with E-state index in [-0.39, 0.29) is 0 Å². The summed E-state index contributed by atoms with van der Waals surface area (Å²) in [6, 6.07) is 9.22. The average Bonchev–Trinajstić information content (AvgIpc) is 2.77. The number of nitrogens with one attached hydrogen (secondary N) is 1. The highest BCUT2D eigenvalue weighted by atomic mass is 15.0. The Morgan fingerprint density at radius 1 is 1.30 bits per heavy atom. The molecule has 1 N–H and O–H groups in total. The molecule has 0 saturated heterocycles. The van der Waals surface area contributed by atoms with Gasteiger partial charge in [-0.1, -0.05) is 51.1 Å². The predicted octanol–water partition coefficient (Wildman–Crippen LogP) is 4.15. The minimum Gasteiger partial charge on any atom is -0.343 e. The van der Waals surface area contributed by atoms with Crippen LogP contribution in [0.3, 0.4) is 0 Å². The van der Waals surface area contributed by atoms with E-state index in [0.29, 0.717) is 6.04 Å². The molecule has 0 aliphatic carbocycles. The maximum Gasteiger partial charge on any atom is 0.0486 e. The van der Waals surface area contributed by atoms with Crippen LogP contribution in [-0.2, 0) is 13.0 Å². The molecule has 0 saturated carbocycles. The molecule has 1 aromatic heterocycles. The van der Waals surface area contributed by atoms with Gasteiger partial charge in [0.2, 0.25) is 0 Å². The molecule has 2 aromatic rings. The van der Waals surface area contributed by atoms with Crippen LogP contribution in [0.15, 0.2) is 42.6 Å². The summed E-state index contributed by atoms with van der Waals surface area (Å²) in [6.07, 6.45) is 4.41. The van der Waals surface area contributed by atoms with Crippen molar-refractivity contribution in [3.8, 4) is 0 Å². The van der Waals surface area contributed by atoms with Crippen LogP contribution in [-0.4, -0.2) is 17.2 Å². The molecule has 1 heterocycles. The zero-order chi connectivity index (χ0) is 14.5. The SMILES string of the molecule is C=C(CC)Cn1cc(CCNC(C)C)c2ccccc21.